The highest BCUT2D eigenvalue weighted by Gasteiger charge is 2.19. The SMILES string of the molecule is N=C(CC(=O)O)C(=O)C(=O)O. The average molecular weight is 159 g/mol. The van der Waals surface area contributed by atoms with Crippen molar-refractivity contribution in [2.75, 3.05) is 0 Å². The first kappa shape index (κ1) is 9.28. The Hall–Kier alpha value is -1.72. The van der Waals surface area contributed by atoms with E-state index in [4.69, 9.17) is 15.6 Å². The number of carbonyl (C=O) groups is 3. The van der Waals surface area contributed by atoms with Gasteiger partial charge in [0.15, 0.2) is 0 Å². The molecular weight excluding hydrogens is 154 g/mol. The number of rotatable bonds is 4. The second kappa shape index (κ2) is 3.45. The Morgan fingerprint density at radius 1 is 1.18 bits per heavy atom. The monoisotopic (exact) mass is 159 g/mol. The van der Waals surface area contributed by atoms with Crippen molar-refractivity contribution in [1.82, 2.24) is 0 Å². The van der Waals surface area contributed by atoms with E-state index < -0.39 is 29.9 Å². The third-order valence-corrected chi connectivity index (χ3v) is 0.796. The quantitative estimate of drug-likeness (QED) is 0.364. The van der Waals surface area contributed by atoms with E-state index in [1.54, 1.807) is 0 Å². The molecule has 0 fully saturated rings. The van der Waals surface area contributed by atoms with Crippen LogP contribution in [0.3, 0.4) is 0 Å². The third-order valence-electron chi connectivity index (χ3n) is 0.796. The molecule has 0 rings (SSSR count). The smallest absolute Gasteiger partial charge is 0.378 e. The van der Waals surface area contributed by atoms with E-state index in [0.29, 0.717) is 0 Å². The largest absolute Gasteiger partial charge is 0.481 e. The average Bonchev–Trinajstić information content (AvgIpc) is 1.84. The van der Waals surface area contributed by atoms with E-state index in [0.717, 1.165) is 0 Å². The molecule has 0 atom stereocenters. The highest BCUT2D eigenvalue weighted by atomic mass is 16.4. The molecule has 3 N–H and O–H groups in total. The molecule has 6 nitrogen and oxygen atoms in total. The van der Waals surface area contributed by atoms with Gasteiger partial charge in [-0.15, -0.1) is 0 Å². The van der Waals surface area contributed by atoms with Gasteiger partial charge >= 0.3 is 11.9 Å². The molecule has 0 aliphatic carbocycles. The highest BCUT2D eigenvalue weighted by Crippen LogP contribution is 1.86. The van der Waals surface area contributed by atoms with Gasteiger partial charge in [0.25, 0.3) is 5.78 Å². The minimum Gasteiger partial charge on any atom is -0.481 e. The number of ketones is 1. The number of carboxylic acids is 2. The molecule has 11 heavy (non-hydrogen) atoms. The summed E-state index contributed by atoms with van der Waals surface area (Å²) < 4.78 is 0. The van der Waals surface area contributed by atoms with E-state index in [1.807, 2.05) is 0 Å². The number of carbonyl (C=O) groups excluding carboxylic acids is 1. The van der Waals surface area contributed by atoms with Gasteiger partial charge < -0.3 is 15.6 Å². The molecule has 0 aliphatic rings. The summed E-state index contributed by atoms with van der Waals surface area (Å²) in [5.41, 5.74) is -0.926. The zero-order chi connectivity index (χ0) is 9.02. The molecule has 0 saturated carbocycles. The van der Waals surface area contributed by atoms with Crippen molar-refractivity contribution in [3.63, 3.8) is 0 Å². The van der Waals surface area contributed by atoms with Crippen LogP contribution < -0.4 is 0 Å². The Labute approximate surface area is 61.0 Å². The van der Waals surface area contributed by atoms with Crippen molar-refractivity contribution in [2.24, 2.45) is 0 Å². The van der Waals surface area contributed by atoms with Crippen molar-refractivity contribution in [2.45, 2.75) is 6.42 Å². The van der Waals surface area contributed by atoms with E-state index in [9.17, 15) is 14.4 Å². The maximum atomic E-state index is 10.3. The zero-order valence-corrected chi connectivity index (χ0v) is 5.33. The van der Waals surface area contributed by atoms with Gasteiger partial charge in [-0.1, -0.05) is 0 Å². The molecule has 0 aromatic heterocycles. The maximum Gasteiger partial charge on any atom is 0.378 e. The van der Waals surface area contributed by atoms with Gasteiger partial charge in [0.2, 0.25) is 0 Å². The molecule has 0 heterocycles. The summed E-state index contributed by atoms with van der Waals surface area (Å²) in [5.74, 6) is -4.69. The normalized spacial score (nSPS) is 8.73. The molecular formula is C5H5NO5. The second-order valence-corrected chi connectivity index (χ2v) is 1.68. The predicted molar refractivity (Wildman–Crippen MR) is 32.6 cm³/mol. The van der Waals surface area contributed by atoms with Crippen LogP contribution in [0.5, 0.6) is 0 Å². The van der Waals surface area contributed by atoms with Crippen LogP contribution in [-0.4, -0.2) is 33.6 Å². The Morgan fingerprint density at radius 2 is 1.64 bits per heavy atom. The van der Waals surface area contributed by atoms with Crippen LogP contribution in [0.15, 0.2) is 0 Å². The lowest BCUT2D eigenvalue weighted by Gasteiger charge is -1.92. The standard InChI is InChI=1S/C5H5NO5/c6-2(1-3(7)8)4(9)5(10)11/h6H,1H2,(H,7,8)(H,10,11). The predicted octanol–water partition coefficient (Wildman–Crippen LogP) is -0.865. The minimum atomic E-state index is -1.81. The van der Waals surface area contributed by atoms with Crippen molar-refractivity contribution in [3.8, 4) is 0 Å². The highest BCUT2D eigenvalue weighted by molar-refractivity contribution is 6.63. The molecule has 0 aromatic carbocycles. The van der Waals surface area contributed by atoms with Crippen LogP contribution in [0.2, 0.25) is 0 Å². The van der Waals surface area contributed by atoms with Crippen molar-refractivity contribution >= 4 is 23.4 Å². The summed E-state index contributed by atoms with van der Waals surface area (Å²) in [6.45, 7) is 0. The van der Waals surface area contributed by atoms with Crippen LogP contribution in [0.1, 0.15) is 6.42 Å². The fraction of sp³-hybridized carbons (Fsp3) is 0.200. The fourth-order valence-electron chi connectivity index (χ4n) is 0.361. The van der Waals surface area contributed by atoms with Crippen LogP contribution >= 0.6 is 0 Å². The number of nitrogens with one attached hydrogen (secondary N) is 1. The molecule has 0 aliphatic heterocycles. The number of hydrogen-bond acceptors (Lipinski definition) is 4. The summed E-state index contributed by atoms with van der Waals surface area (Å²) in [6, 6.07) is 0. The molecule has 0 radical (unpaired) electrons. The first-order chi connectivity index (χ1) is 4.95. The third kappa shape index (κ3) is 3.09. The number of carboxylic acid groups (broad SMARTS) is 2. The van der Waals surface area contributed by atoms with Crippen LogP contribution in [0, 0.1) is 5.41 Å². The molecule has 0 bridgehead atoms. The molecule has 6 heteroatoms. The Kier molecular flexibility index (Phi) is 2.91. The van der Waals surface area contributed by atoms with Gasteiger partial charge in [0, 0.05) is 0 Å². The van der Waals surface area contributed by atoms with E-state index in [2.05, 4.69) is 0 Å². The Morgan fingerprint density at radius 3 is 1.91 bits per heavy atom. The summed E-state index contributed by atoms with van der Waals surface area (Å²) in [6.07, 6.45) is -0.856. The Bertz CT molecular complexity index is 231. The number of Topliss-reactive ketones (excluding diaryl/α,β-unsaturated/α-hetero) is 1. The number of aliphatic carboxylic acids is 2. The van der Waals surface area contributed by atoms with Crippen LogP contribution in [-0.2, 0) is 14.4 Å². The van der Waals surface area contributed by atoms with Crippen LogP contribution in [0.4, 0.5) is 0 Å². The lowest BCUT2D eigenvalue weighted by Crippen LogP contribution is -2.24. The Balaban J connectivity index is 4.16. The van der Waals surface area contributed by atoms with Crippen molar-refractivity contribution in [1.29, 1.82) is 5.41 Å². The van der Waals surface area contributed by atoms with Crippen LogP contribution in [0.25, 0.3) is 0 Å². The van der Waals surface area contributed by atoms with E-state index in [-0.39, 0.29) is 0 Å². The molecule has 0 aromatic rings. The first-order valence-electron chi connectivity index (χ1n) is 2.52. The molecule has 60 valence electrons. The lowest BCUT2D eigenvalue weighted by atomic mass is 10.2. The van der Waals surface area contributed by atoms with Gasteiger partial charge in [-0.05, 0) is 0 Å². The fourth-order valence-corrected chi connectivity index (χ4v) is 0.361. The molecule has 0 saturated heterocycles. The zero-order valence-electron chi connectivity index (χ0n) is 5.33. The molecule has 0 spiro atoms. The van der Waals surface area contributed by atoms with Gasteiger partial charge in [-0.2, -0.15) is 0 Å². The first-order valence-corrected chi connectivity index (χ1v) is 2.52. The summed E-state index contributed by atoms with van der Waals surface area (Å²) in [4.78, 5) is 30.0. The summed E-state index contributed by atoms with van der Waals surface area (Å²) in [7, 11) is 0. The minimum absolute atomic E-state index is 0.856. The van der Waals surface area contributed by atoms with Crippen molar-refractivity contribution in [3.05, 3.63) is 0 Å². The topological polar surface area (TPSA) is 116 Å². The lowest BCUT2D eigenvalue weighted by molar-refractivity contribution is -0.146. The van der Waals surface area contributed by atoms with E-state index >= 15 is 0 Å². The van der Waals surface area contributed by atoms with Gasteiger partial charge in [0.05, 0.1) is 12.1 Å². The molecule has 0 unspecified atom stereocenters. The second-order valence-electron chi connectivity index (χ2n) is 1.68. The number of hydrogen-bond donors (Lipinski definition) is 3. The van der Waals surface area contributed by atoms with E-state index in [1.165, 1.54) is 0 Å². The van der Waals surface area contributed by atoms with Gasteiger partial charge in [-0.25, -0.2) is 4.79 Å². The van der Waals surface area contributed by atoms with Gasteiger partial charge in [0.1, 0.15) is 0 Å². The summed E-state index contributed by atoms with van der Waals surface area (Å²) in [5, 5.41) is 22.7. The summed E-state index contributed by atoms with van der Waals surface area (Å²) >= 11 is 0. The van der Waals surface area contributed by atoms with Crippen molar-refractivity contribution < 1.29 is 24.6 Å². The molecule has 0 amide bonds. The maximum absolute atomic E-state index is 10.3. The van der Waals surface area contributed by atoms with Gasteiger partial charge in [-0.3, -0.25) is 9.59 Å².